The molecule has 136 valence electrons. The van der Waals surface area contributed by atoms with Gasteiger partial charge in [0, 0.05) is 32.2 Å². The van der Waals surface area contributed by atoms with Crippen LogP contribution >= 0.6 is 11.3 Å². The number of thiophene rings is 1. The van der Waals surface area contributed by atoms with E-state index >= 15 is 0 Å². The SMILES string of the molecule is CC(=O)c1ccc(C(=O)N2CCN(C3CCc4ccccc4C3)CC2)s1. The molecule has 1 aromatic carbocycles. The van der Waals surface area contributed by atoms with Crippen molar-refractivity contribution in [3.63, 3.8) is 0 Å². The number of nitrogens with zero attached hydrogens (tertiary/aromatic N) is 2. The molecule has 0 bridgehead atoms. The summed E-state index contributed by atoms with van der Waals surface area (Å²) in [4.78, 5) is 30.0. The van der Waals surface area contributed by atoms with Crippen LogP contribution in [0.25, 0.3) is 0 Å². The van der Waals surface area contributed by atoms with Crippen molar-refractivity contribution in [1.29, 1.82) is 0 Å². The van der Waals surface area contributed by atoms with Crippen molar-refractivity contribution >= 4 is 23.0 Å². The zero-order valence-electron chi connectivity index (χ0n) is 15.1. The highest BCUT2D eigenvalue weighted by Crippen LogP contribution is 2.26. The molecule has 5 heteroatoms. The molecular formula is C21H24N2O2S. The van der Waals surface area contributed by atoms with Gasteiger partial charge >= 0.3 is 0 Å². The van der Waals surface area contributed by atoms with Crippen LogP contribution in [0.3, 0.4) is 0 Å². The highest BCUT2D eigenvalue weighted by molar-refractivity contribution is 7.15. The molecule has 4 nitrogen and oxygen atoms in total. The Morgan fingerprint density at radius 2 is 1.65 bits per heavy atom. The van der Waals surface area contributed by atoms with Crippen LogP contribution in [0.5, 0.6) is 0 Å². The predicted molar refractivity (Wildman–Crippen MR) is 104 cm³/mol. The van der Waals surface area contributed by atoms with Crippen LogP contribution < -0.4 is 0 Å². The zero-order valence-corrected chi connectivity index (χ0v) is 15.9. The second kappa shape index (κ2) is 7.33. The van der Waals surface area contributed by atoms with Crippen molar-refractivity contribution in [2.24, 2.45) is 0 Å². The summed E-state index contributed by atoms with van der Waals surface area (Å²) in [6, 6.07) is 12.9. The third-order valence-electron chi connectivity index (χ3n) is 5.60. The highest BCUT2D eigenvalue weighted by Gasteiger charge is 2.29. The third kappa shape index (κ3) is 3.46. The minimum absolute atomic E-state index is 0.0245. The summed E-state index contributed by atoms with van der Waals surface area (Å²) >= 11 is 1.31. The van der Waals surface area contributed by atoms with Crippen LogP contribution in [-0.2, 0) is 12.8 Å². The lowest BCUT2D eigenvalue weighted by molar-refractivity contribution is 0.0557. The molecule has 4 rings (SSSR count). The Morgan fingerprint density at radius 1 is 0.962 bits per heavy atom. The van der Waals surface area contributed by atoms with Crippen LogP contribution in [0.1, 0.15) is 43.8 Å². The summed E-state index contributed by atoms with van der Waals surface area (Å²) in [5.74, 6) is 0.0904. The number of Topliss-reactive ketones (excluding diaryl/α,β-unsaturated/α-hetero) is 1. The molecular weight excluding hydrogens is 344 g/mol. The van der Waals surface area contributed by atoms with E-state index in [1.807, 2.05) is 4.90 Å². The fourth-order valence-corrected chi connectivity index (χ4v) is 4.95. The zero-order chi connectivity index (χ0) is 18.1. The van der Waals surface area contributed by atoms with Crippen molar-refractivity contribution in [2.45, 2.75) is 32.2 Å². The molecule has 1 fully saturated rings. The molecule has 2 aliphatic rings. The van der Waals surface area contributed by atoms with Crippen molar-refractivity contribution in [3.8, 4) is 0 Å². The minimum Gasteiger partial charge on any atom is -0.335 e. The van der Waals surface area contributed by atoms with E-state index in [9.17, 15) is 9.59 Å². The van der Waals surface area contributed by atoms with Crippen molar-refractivity contribution in [1.82, 2.24) is 9.80 Å². The topological polar surface area (TPSA) is 40.6 Å². The van der Waals surface area contributed by atoms with Crippen LogP contribution in [0.4, 0.5) is 0 Å². The van der Waals surface area contributed by atoms with Crippen molar-refractivity contribution < 1.29 is 9.59 Å². The smallest absolute Gasteiger partial charge is 0.264 e. The summed E-state index contributed by atoms with van der Waals surface area (Å²) in [5.41, 5.74) is 2.98. The fraction of sp³-hybridized carbons (Fsp3) is 0.429. The van der Waals surface area contributed by atoms with Gasteiger partial charge in [-0.05, 0) is 49.4 Å². The Labute approximate surface area is 158 Å². The molecule has 1 aromatic heterocycles. The molecule has 2 heterocycles. The number of aryl methyl sites for hydroxylation is 1. The molecule has 1 aliphatic heterocycles. The van der Waals surface area contributed by atoms with Gasteiger partial charge in [0.2, 0.25) is 0 Å². The number of hydrogen-bond acceptors (Lipinski definition) is 4. The molecule has 2 aromatic rings. The first-order valence-corrected chi connectivity index (χ1v) is 10.1. The summed E-state index contributed by atoms with van der Waals surface area (Å²) in [7, 11) is 0. The number of benzene rings is 1. The number of carbonyl (C=O) groups is 2. The third-order valence-corrected chi connectivity index (χ3v) is 6.78. The molecule has 0 N–H and O–H groups in total. The average molecular weight is 369 g/mol. The van der Waals surface area contributed by atoms with E-state index in [-0.39, 0.29) is 11.7 Å². The minimum atomic E-state index is 0.0245. The normalized spacial score (nSPS) is 20.7. The maximum Gasteiger partial charge on any atom is 0.264 e. The van der Waals surface area contributed by atoms with Gasteiger partial charge in [-0.2, -0.15) is 0 Å². The standard InChI is InChI=1S/C21H24N2O2S/c1-15(24)19-8-9-20(26-19)21(25)23-12-10-22(11-13-23)18-7-6-16-4-2-3-5-17(16)14-18/h2-5,8-9,18H,6-7,10-14H2,1H3. The van der Waals surface area contributed by atoms with E-state index in [1.165, 1.54) is 28.9 Å². The quantitative estimate of drug-likeness (QED) is 0.781. The van der Waals surface area contributed by atoms with E-state index in [0.717, 1.165) is 39.0 Å². The Bertz CT molecular complexity index is 821. The molecule has 0 radical (unpaired) electrons. The summed E-state index contributed by atoms with van der Waals surface area (Å²) in [6.45, 7) is 4.95. The summed E-state index contributed by atoms with van der Waals surface area (Å²) in [5, 5.41) is 0. The van der Waals surface area contributed by atoms with Crippen LogP contribution in [0.15, 0.2) is 36.4 Å². The van der Waals surface area contributed by atoms with Gasteiger partial charge in [0.25, 0.3) is 5.91 Å². The highest BCUT2D eigenvalue weighted by atomic mass is 32.1. The van der Waals surface area contributed by atoms with Crippen LogP contribution in [-0.4, -0.2) is 53.7 Å². The molecule has 1 aliphatic carbocycles. The van der Waals surface area contributed by atoms with E-state index in [0.29, 0.717) is 15.8 Å². The number of carbonyl (C=O) groups excluding carboxylic acids is 2. The van der Waals surface area contributed by atoms with Crippen LogP contribution in [0.2, 0.25) is 0 Å². The fourth-order valence-electron chi connectivity index (χ4n) is 4.08. The van der Waals surface area contributed by atoms with Gasteiger partial charge in [0.05, 0.1) is 9.75 Å². The molecule has 1 atom stereocenters. The average Bonchev–Trinajstić information content (AvgIpc) is 3.18. The first-order valence-electron chi connectivity index (χ1n) is 9.32. The Balaban J connectivity index is 1.35. The summed E-state index contributed by atoms with van der Waals surface area (Å²) in [6.07, 6.45) is 3.48. The lowest BCUT2D eigenvalue weighted by atomic mass is 9.87. The number of ketones is 1. The van der Waals surface area contributed by atoms with Gasteiger partial charge in [-0.25, -0.2) is 0 Å². The lowest BCUT2D eigenvalue weighted by Gasteiger charge is -2.41. The number of piperazine rings is 1. The van der Waals surface area contributed by atoms with Crippen molar-refractivity contribution in [3.05, 3.63) is 57.3 Å². The van der Waals surface area contributed by atoms with Gasteiger partial charge in [-0.1, -0.05) is 24.3 Å². The molecule has 0 spiro atoms. The Hall–Kier alpha value is -1.98. The van der Waals surface area contributed by atoms with E-state index in [2.05, 4.69) is 29.2 Å². The van der Waals surface area contributed by atoms with Crippen molar-refractivity contribution in [2.75, 3.05) is 26.2 Å². The van der Waals surface area contributed by atoms with Gasteiger partial charge in [-0.3, -0.25) is 14.5 Å². The lowest BCUT2D eigenvalue weighted by Crippen LogP contribution is -2.53. The molecule has 1 unspecified atom stereocenters. The Morgan fingerprint density at radius 3 is 2.35 bits per heavy atom. The van der Waals surface area contributed by atoms with Gasteiger partial charge < -0.3 is 4.90 Å². The van der Waals surface area contributed by atoms with Gasteiger partial charge in [0.15, 0.2) is 5.78 Å². The predicted octanol–water partition coefficient (Wildman–Crippen LogP) is 3.27. The molecule has 1 saturated heterocycles. The summed E-state index contributed by atoms with van der Waals surface area (Å²) < 4.78 is 0. The van der Waals surface area contributed by atoms with Gasteiger partial charge in [0.1, 0.15) is 0 Å². The largest absolute Gasteiger partial charge is 0.335 e. The van der Waals surface area contributed by atoms with Crippen LogP contribution in [0, 0.1) is 0 Å². The monoisotopic (exact) mass is 368 g/mol. The second-order valence-corrected chi connectivity index (χ2v) is 8.30. The number of fused-ring (bicyclic) bond motifs is 1. The van der Waals surface area contributed by atoms with E-state index in [1.54, 1.807) is 19.1 Å². The maximum absolute atomic E-state index is 12.7. The first-order chi connectivity index (χ1) is 12.6. The molecule has 26 heavy (non-hydrogen) atoms. The first kappa shape index (κ1) is 17.4. The molecule has 1 amide bonds. The Kier molecular flexibility index (Phi) is 4.92. The maximum atomic E-state index is 12.7. The second-order valence-electron chi connectivity index (χ2n) is 7.21. The number of amides is 1. The van der Waals surface area contributed by atoms with Gasteiger partial charge in [-0.15, -0.1) is 11.3 Å². The number of rotatable bonds is 3. The number of hydrogen-bond donors (Lipinski definition) is 0. The van der Waals surface area contributed by atoms with E-state index in [4.69, 9.17) is 0 Å². The molecule has 0 saturated carbocycles. The van der Waals surface area contributed by atoms with E-state index < -0.39 is 0 Å².